The highest BCUT2D eigenvalue weighted by Crippen LogP contribution is 1.94. The maximum Gasteiger partial charge on any atom is 0.0817 e. The number of rotatable bonds is 4. The van der Waals surface area contributed by atoms with E-state index >= 15 is 0 Å². The Hall–Kier alpha value is -0.530. The summed E-state index contributed by atoms with van der Waals surface area (Å²) in [5, 5.41) is 6.95. The lowest BCUT2D eigenvalue weighted by Crippen LogP contribution is -2.25. The zero-order valence-electron chi connectivity index (χ0n) is 6.52. The van der Waals surface area contributed by atoms with Gasteiger partial charge in [0.15, 0.2) is 0 Å². The predicted octanol–water partition coefficient (Wildman–Crippen LogP) is 1.57. The largest absolute Gasteiger partial charge is 0.363 e. The molecule has 0 heterocycles. The second kappa shape index (κ2) is 4.36. The molecule has 0 saturated heterocycles. The molecule has 1 N–H and O–H groups in total. The molecule has 0 aromatic rings. The minimum Gasteiger partial charge on any atom is -0.363 e. The van der Waals surface area contributed by atoms with Crippen molar-refractivity contribution < 1.29 is 0 Å². The van der Waals surface area contributed by atoms with E-state index in [-0.39, 0.29) is 0 Å². The van der Waals surface area contributed by atoms with Crippen LogP contribution in [-0.2, 0) is 0 Å². The van der Waals surface area contributed by atoms with Gasteiger partial charge in [0.2, 0.25) is 0 Å². The summed E-state index contributed by atoms with van der Waals surface area (Å²) in [6.45, 7) is 8.33. The Morgan fingerprint density at radius 1 is 1.56 bits per heavy atom. The van der Waals surface area contributed by atoms with E-state index in [1.807, 2.05) is 4.90 Å². The third kappa shape index (κ3) is 4.01. The minimum absolute atomic E-state index is 0.659. The van der Waals surface area contributed by atoms with Gasteiger partial charge >= 0.3 is 0 Å². The summed E-state index contributed by atoms with van der Waals surface area (Å²) in [6, 6.07) is 0. The summed E-state index contributed by atoms with van der Waals surface area (Å²) in [5.74, 6) is 0.659. The van der Waals surface area contributed by atoms with E-state index in [2.05, 4.69) is 20.8 Å². The van der Waals surface area contributed by atoms with Gasteiger partial charge in [-0.25, -0.2) is 0 Å². The lowest BCUT2D eigenvalue weighted by molar-refractivity contribution is 0.389. The molecule has 0 aliphatic rings. The maximum absolute atomic E-state index is 6.95. The van der Waals surface area contributed by atoms with Gasteiger partial charge in [-0.05, 0) is 12.8 Å². The van der Waals surface area contributed by atoms with E-state index in [1.165, 1.54) is 6.34 Å². The Kier molecular flexibility index (Phi) is 4.10. The number of nitrogens with one attached hydrogen (secondary N) is 1. The van der Waals surface area contributed by atoms with Gasteiger partial charge in [-0.1, -0.05) is 13.8 Å². The summed E-state index contributed by atoms with van der Waals surface area (Å²) < 4.78 is 0. The van der Waals surface area contributed by atoms with Gasteiger partial charge < -0.3 is 4.90 Å². The molecule has 54 valence electrons. The van der Waals surface area contributed by atoms with Crippen molar-refractivity contribution >= 4 is 6.34 Å². The highest BCUT2D eigenvalue weighted by atomic mass is 15.1. The van der Waals surface area contributed by atoms with Crippen LogP contribution in [0.15, 0.2) is 0 Å². The topological polar surface area (TPSA) is 27.1 Å². The standard InChI is InChI=1S/C7H16N2/c1-4-9(6-8)5-7(2)3/h6-8H,4-5H2,1-3H3. The molecular weight excluding hydrogens is 112 g/mol. The zero-order valence-corrected chi connectivity index (χ0v) is 6.52. The Morgan fingerprint density at radius 3 is 2.22 bits per heavy atom. The molecule has 9 heavy (non-hydrogen) atoms. The van der Waals surface area contributed by atoms with Crippen molar-refractivity contribution in [3.8, 4) is 0 Å². The average molecular weight is 128 g/mol. The Labute approximate surface area is 57.4 Å². The van der Waals surface area contributed by atoms with Crippen LogP contribution in [0.3, 0.4) is 0 Å². The third-order valence-electron chi connectivity index (χ3n) is 1.19. The molecule has 0 fully saturated rings. The summed E-state index contributed by atoms with van der Waals surface area (Å²) in [4.78, 5) is 1.99. The molecule has 0 rings (SSSR count). The van der Waals surface area contributed by atoms with Crippen molar-refractivity contribution in [2.45, 2.75) is 20.8 Å². The Morgan fingerprint density at radius 2 is 2.11 bits per heavy atom. The van der Waals surface area contributed by atoms with Crippen LogP contribution in [0.25, 0.3) is 0 Å². The normalized spacial score (nSPS) is 9.78. The van der Waals surface area contributed by atoms with Crippen molar-refractivity contribution in [3.05, 3.63) is 0 Å². The van der Waals surface area contributed by atoms with Gasteiger partial charge in [0.05, 0.1) is 6.34 Å². The van der Waals surface area contributed by atoms with Gasteiger partial charge in [0.25, 0.3) is 0 Å². The third-order valence-corrected chi connectivity index (χ3v) is 1.19. The molecule has 0 radical (unpaired) electrons. The molecule has 0 unspecified atom stereocenters. The summed E-state index contributed by atoms with van der Waals surface area (Å²) in [5.41, 5.74) is 0. The molecule has 0 bridgehead atoms. The molecule has 0 amide bonds. The lowest BCUT2D eigenvalue weighted by Gasteiger charge is -2.18. The fraction of sp³-hybridized carbons (Fsp3) is 0.857. The molecule has 0 aromatic heterocycles. The molecule has 0 spiro atoms. The zero-order chi connectivity index (χ0) is 7.28. The van der Waals surface area contributed by atoms with Gasteiger partial charge in [-0.15, -0.1) is 0 Å². The van der Waals surface area contributed by atoms with E-state index in [9.17, 15) is 0 Å². The van der Waals surface area contributed by atoms with Crippen molar-refractivity contribution in [2.24, 2.45) is 5.92 Å². The highest BCUT2D eigenvalue weighted by molar-refractivity contribution is 5.50. The molecule has 0 aromatic carbocycles. The molecule has 0 saturated carbocycles. The fourth-order valence-corrected chi connectivity index (χ4v) is 0.742. The van der Waals surface area contributed by atoms with E-state index in [0.29, 0.717) is 5.92 Å². The monoisotopic (exact) mass is 128 g/mol. The van der Waals surface area contributed by atoms with Crippen molar-refractivity contribution in [1.29, 1.82) is 5.41 Å². The van der Waals surface area contributed by atoms with Gasteiger partial charge in [0.1, 0.15) is 0 Å². The molecule has 0 aliphatic carbocycles. The first-order valence-electron chi connectivity index (χ1n) is 3.45. The van der Waals surface area contributed by atoms with Crippen molar-refractivity contribution in [1.82, 2.24) is 4.90 Å². The minimum atomic E-state index is 0.659. The fourth-order valence-electron chi connectivity index (χ4n) is 0.742. The van der Waals surface area contributed by atoms with E-state index < -0.39 is 0 Å². The highest BCUT2D eigenvalue weighted by Gasteiger charge is 1.97. The van der Waals surface area contributed by atoms with Crippen molar-refractivity contribution in [3.63, 3.8) is 0 Å². The van der Waals surface area contributed by atoms with Crippen LogP contribution in [0, 0.1) is 11.3 Å². The average Bonchev–Trinajstić information content (AvgIpc) is 1.82. The van der Waals surface area contributed by atoms with Crippen LogP contribution in [0.5, 0.6) is 0 Å². The van der Waals surface area contributed by atoms with Crippen LogP contribution in [0.1, 0.15) is 20.8 Å². The lowest BCUT2D eigenvalue weighted by atomic mass is 10.2. The van der Waals surface area contributed by atoms with Crippen LogP contribution >= 0.6 is 0 Å². The number of hydrogen-bond acceptors (Lipinski definition) is 1. The smallest absolute Gasteiger partial charge is 0.0817 e. The first kappa shape index (κ1) is 8.47. The summed E-state index contributed by atoms with van der Waals surface area (Å²) >= 11 is 0. The van der Waals surface area contributed by atoms with Gasteiger partial charge in [-0.3, -0.25) is 5.41 Å². The van der Waals surface area contributed by atoms with Crippen LogP contribution < -0.4 is 0 Å². The molecule has 0 aliphatic heterocycles. The Bertz CT molecular complexity index is 79.0. The quantitative estimate of drug-likeness (QED) is 0.451. The summed E-state index contributed by atoms with van der Waals surface area (Å²) in [7, 11) is 0. The van der Waals surface area contributed by atoms with Gasteiger partial charge in [0, 0.05) is 13.1 Å². The second-order valence-corrected chi connectivity index (χ2v) is 2.61. The number of hydrogen-bond donors (Lipinski definition) is 1. The number of nitrogens with zero attached hydrogens (tertiary/aromatic N) is 1. The van der Waals surface area contributed by atoms with Crippen LogP contribution in [0.2, 0.25) is 0 Å². The molecular formula is C7H16N2. The Balaban J connectivity index is 3.42. The molecule has 2 nitrogen and oxygen atoms in total. The molecule has 2 heteroatoms. The SMILES string of the molecule is CCN(C=N)CC(C)C. The maximum atomic E-state index is 6.95. The summed E-state index contributed by atoms with van der Waals surface area (Å²) in [6.07, 6.45) is 1.40. The predicted molar refractivity (Wildman–Crippen MR) is 40.9 cm³/mol. The van der Waals surface area contributed by atoms with Crippen LogP contribution in [0.4, 0.5) is 0 Å². The van der Waals surface area contributed by atoms with E-state index in [4.69, 9.17) is 5.41 Å². The first-order chi connectivity index (χ1) is 4.20. The van der Waals surface area contributed by atoms with E-state index in [0.717, 1.165) is 13.1 Å². The first-order valence-corrected chi connectivity index (χ1v) is 3.45. The second-order valence-electron chi connectivity index (χ2n) is 2.61. The van der Waals surface area contributed by atoms with E-state index in [1.54, 1.807) is 0 Å². The van der Waals surface area contributed by atoms with Gasteiger partial charge in [-0.2, -0.15) is 0 Å². The molecule has 0 atom stereocenters. The van der Waals surface area contributed by atoms with Crippen molar-refractivity contribution in [2.75, 3.05) is 13.1 Å². The van der Waals surface area contributed by atoms with Crippen LogP contribution in [-0.4, -0.2) is 24.3 Å².